The van der Waals surface area contributed by atoms with Gasteiger partial charge in [-0.2, -0.15) is 0 Å². The van der Waals surface area contributed by atoms with Crippen molar-refractivity contribution in [2.45, 2.75) is 19.8 Å². The summed E-state index contributed by atoms with van der Waals surface area (Å²) in [7, 11) is 0. The van der Waals surface area contributed by atoms with Gasteiger partial charge in [-0.05, 0) is 17.7 Å². The summed E-state index contributed by atoms with van der Waals surface area (Å²) in [6.07, 6.45) is 6.24. The van der Waals surface area contributed by atoms with E-state index in [4.69, 9.17) is 4.84 Å². The second kappa shape index (κ2) is 6.50. The van der Waals surface area contributed by atoms with Gasteiger partial charge in [0.25, 0.3) is 0 Å². The molecular formula is C17H24N3O2+. The molecule has 1 aromatic carbocycles. The molecule has 1 atom stereocenters. The number of piperazine rings is 1. The Balaban J connectivity index is 1.83. The van der Waals surface area contributed by atoms with Crippen LogP contribution in [0.3, 0.4) is 0 Å². The minimum Gasteiger partial charge on any atom is -0.381 e. The lowest BCUT2D eigenvalue weighted by Gasteiger charge is -2.36. The lowest BCUT2D eigenvalue weighted by molar-refractivity contribution is -1.01. The van der Waals surface area contributed by atoms with Crippen LogP contribution in [0.4, 0.5) is 5.69 Å². The molecule has 1 saturated heterocycles. The zero-order chi connectivity index (χ0) is 15.4. The molecule has 0 aliphatic carbocycles. The van der Waals surface area contributed by atoms with Gasteiger partial charge >= 0.3 is 5.91 Å². The number of amides is 1. The molecule has 0 radical (unpaired) electrons. The van der Waals surface area contributed by atoms with Gasteiger partial charge in [0, 0.05) is 31.3 Å². The first-order valence-electron chi connectivity index (χ1n) is 8.09. The van der Waals surface area contributed by atoms with Crippen LogP contribution in [0.25, 0.3) is 6.08 Å². The van der Waals surface area contributed by atoms with Gasteiger partial charge in [0.05, 0.1) is 0 Å². The van der Waals surface area contributed by atoms with Crippen LogP contribution in [0.5, 0.6) is 5.75 Å². The number of quaternary nitrogens is 1. The van der Waals surface area contributed by atoms with Crippen LogP contribution in [-0.4, -0.2) is 43.3 Å². The second-order valence-corrected chi connectivity index (χ2v) is 5.88. The fourth-order valence-electron chi connectivity index (χ4n) is 2.96. The van der Waals surface area contributed by atoms with Crippen molar-refractivity contribution in [3.8, 4) is 5.75 Å². The Morgan fingerprint density at radius 3 is 3.09 bits per heavy atom. The van der Waals surface area contributed by atoms with Crippen LogP contribution >= 0.6 is 0 Å². The van der Waals surface area contributed by atoms with Crippen LogP contribution in [0.2, 0.25) is 0 Å². The van der Waals surface area contributed by atoms with E-state index in [1.54, 1.807) is 0 Å². The van der Waals surface area contributed by atoms with Crippen molar-refractivity contribution in [2.75, 3.05) is 38.0 Å². The molecule has 0 bridgehead atoms. The number of fused-ring (bicyclic) bond motifs is 1. The summed E-state index contributed by atoms with van der Waals surface area (Å²) in [5.74, 6) is 0.873. The van der Waals surface area contributed by atoms with Crippen LogP contribution in [0.15, 0.2) is 24.3 Å². The molecule has 3 rings (SSSR count). The van der Waals surface area contributed by atoms with E-state index >= 15 is 0 Å². The number of hydrogen-bond donors (Lipinski definition) is 2. The molecule has 1 unspecified atom stereocenters. The first-order chi connectivity index (χ1) is 10.7. The quantitative estimate of drug-likeness (QED) is 0.819. The summed E-state index contributed by atoms with van der Waals surface area (Å²) in [5, 5.41) is 6.47. The van der Waals surface area contributed by atoms with Crippen molar-refractivity contribution in [2.24, 2.45) is 0 Å². The maximum Gasteiger partial charge on any atom is 0.368 e. The van der Waals surface area contributed by atoms with Crippen LogP contribution in [0.1, 0.15) is 25.3 Å². The molecule has 2 aliphatic heterocycles. The number of carbonyl (C=O) groups is 1. The van der Waals surface area contributed by atoms with Crippen molar-refractivity contribution >= 4 is 17.7 Å². The lowest BCUT2D eigenvalue weighted by Crippen LogP contribution is -2.64. The van der Waals surface area contributed by atoms with Gasteiger partial charge < -0.3 is 10.2 Å². The molecule has 118 valence electrons. The Labute approximate surface area is 131 Å². The van der Waals surface area contributed by atoms with E-state index in [2.05, 4.69) is 29.7 Å². The van der Waals surface area contributed by atoms with E-state index in [0.717, 1.165) is 49.5 Å². The van der Waals surface area contributed by atoms with Crippen molar-refractivity contribution < 1.29 is 14.3 Å². The molecule has 5 heteroatoms. The minimum absolute atomic E-state index is 0.107. The molecule has 5 nitrogen and oxygen atoms in total. The Hall–Kier alpha value is -1.85. The highest BCUT2D eigenvalue weighted by Crippen LogP contribution is 2.28. The zero-order valence-corrected chi connectivity index (χ0v) is 13.1. The van der Waals surface area contributed by atoms with Crippen LogP contribution in [-0.2, 0) is 4.79 Å². The molecule has 0 saturated carbocycles. The van der Waals surface area contributed by atoms with E-state index in [1.807, 2.05) is 18.2 Å². The van der Waals surface area contributed by atoms with Gasteiger partial charge in [0.2, 0.25) is 0 Å². The largest absolute Gasteiger partial charge is 0.381 e. The summed E-state index contributed by atoms with van der Waals surface area (Å²) in [4.78, 5) is 18.7. The van der Waals surface area contributed by atoms with Crippen molar-refractivity contribution in [1.82, 2.24) is 5.32 Å². The summed E-state index contributed by atoms with van der Waals surface area (Å²) in [5.41, 5.74) is 2.22. The zero-order valence-electron chi connectivity index (χ0n) is 13.1. The number of benzene rings is 1. The monoisotopic (exact) mass is 302 g/mol. The molecule has 1 amide bonds. The highest BCUT2D eigenvalue weighted by molar-refractivity contribution is 5.72. The molecular weight excluding hydrogens is 278 g/mol. The molecule has 22 heavy (non-hydrogen) atoms. The number of rotatable bonds is 5. The maximum absolute atomic E-state index is 12.5. The number of nitrogens with zero attached hydrogens (tertiary/aromatic N) is 1. The lowest BCUT2D eigenvalue weighted by atomic mass is 10.1. The SMILES string of the molecule is CCCC[N+]1(Oc2ccc3c(c2)NCC=C3)CCNCC1=O. The van der Waals surface area contributed by atoms with E-state index in [0.29, 0.717) is 13.1 Å². The topological polar surface area (TPSA) is 50.4 Å². The predicted molar refractivity (Wildman–Crippen MR) is 87.4 cm³/mol. The fraction of sp³-hybridized carbons (Fsp3) is 0.471. The third-order valence-electron chi connectivity index (χ3n) is 4.27. The van der Waals surface area contributed by atoms with Gasteiger partial charge in [-0.1, -0.05) is 30.1 Å². The average molecular weight is 302 g/mol. The summed E-state index contributed by atoms with van der Waals surface area (Å²) < 4.78 is 0.107. The third kappa shape index (κ3) is 3.00. The average Bonchev–Trinajstić information content (AvgIpc) is 2.55. The molecule has 0 aromatic heterocycles. The van der Waals surface area contributed by atoms with Gasteiger partial charge in [-0.15, -0.1) is 0 Å². The van der Waals surface area contributed by atoms with Crippen molar-refractivity contribution in [3.63, 3.8) is 0 Å². The van der Waals surface area contributed by atoms with Gasteiger partial charge in [0.1, 0.15) is 19.6 Å². The molecule has 2 N–H and O–H groups in total. The van der Waals surface area contributed by atoms with Crippen molar-refractivity contribution in [1.29, 1.82) is 0 Å². The minimum atomic E-state index is 0.107. The Morgan fingerprint density at radius 2 is 2.27 bits per heavy atom. The highest BCUT2D eigenvalue weighted by Gasteiger charge is 2.42. The van der Waals surface area contributed by atoms with E-state index in [9.17, 15) is 4.79 Å². The van der Waals surface area contributed by atoms with Crippen molar-refractivity contribution in [3.05, 3.63) is 29.8 Å². The Bertz CT molecular complexity index is 585. The number of unbranched alkanes of at least 4 members (excludes halogenated alkanes) is 1. The number of hydrogen-bond acceptors (Lipinski definition) is 4. The Morgan fingerprint density at radius 1 is 1.36 bits per heavy atom. The maximum atomic E-state index is 12.5. The number of nitrogens with one attached hydrogen (secondary N) is 2. The van der Waals surface area contributed by atoms with Crippen LogP contribution < -0.4 is 15.5 Å². The number of anilines is 1. The molecule has 1 fully saturated rings. The van der Waals surface area contributed by atoms with Gasteiger partial charge in [-0.3, -0.25) is 5.32 Å². The van der Waals surface area contributed by atoms with E-state index < -0.39 is 0 Å². The van der Waals surface area contributed by atoms with Gasteiger partial charge in [-0.25, -0.2) is 4.79 Å². The van der Waals surface area contributed by atoms with Gasteiger partial charge in [0.15, 0.2) is 5.75 Å². The normalized spacial score (nSPS) is 23.8. The van der Waals surface area contributed by atoms with Crippen LogP contribution in [0, 0.1) is 0 Å². The van der Waals surface area contributed by atoms with E-state index in [-0.39, 0.29) is 10.6 Å². The molecule has 1 aromatic rings. The summed E-state index contributed by atoms with van der Waals surface area (Å²) in [6.45, 7) is 5.58. The number of hydroxylamine groups is 3. The second-order valence-electron chi connectivity index (χ2n) is 5.88. The highest BCUT2D eigenvalue weighted by atomic mass is 16.7. The standard InChI is InChI=1S/C17H24N3O2/c1-2-3-10-20(11-9-18-13-17(20)21)22-15-7-6-14-5-4-8-19-16(14)12-15/h4-7,12,18-19H,2-3,8-11,13H2,1H3/q+1. The smallest absolute Gasteiger partial charge is 0.368 e. The fourth-order valence-corrected chi connectivity index (χ4v) is 2.96. The van der Waals surface area contributed by atoms with E-state index in [1.165, 1.54) is 0 Å². The summed E-state index contributed by atoms with van der Waals surface area (Å²) in [6, 6.07) is 5.99. The first kappa shape index (κ1) is 15.1. The number of carbonyl (C=O) groups excluding carboxylic acids is 1. The predicted octanol–water partition coefficient (Wildman–Crippen LogP) is 2.17. The Kier molecular flexibility index (Phi) is 4.45. The molecule has 2 heterocycles. The molecule has 2 aliphatic rings. The molecule has 0 spiro atoms. The third-order valence-corrected chi connectivity index (χ3v) is 4.27. The first-order valence-corrected chi connectivity index (χ1v) is 8.09. The summed E-state index contributed by atoms with van der Waals surface area (Å²) >= 11 is 0.